The van der Waals surface area contributed by atoms with Gasteiger partial charge in [-0.15, -0.1) is 0 Å². The van der Waals surface area contributed by atoms with Crippen molar-refractivity contribution in [2.24, 2.45) is 0 Å². The van der Waals surface area contributed by atoms with E-state index in [0.29, 0.717) is 21.9 Å². The highest BCUT2D eigenvalue weighted by molar-refractivity contribution is 6.13. The van der Waals surface area contributed by atoms with E-state index in [2.05, 4.69) is 90.1 Å². The second kappa shape index (κ2) is 8.52. The first kappa shape index (κ1) is 24.2. The predicted octanol–water partition coefficient (Wildman–Crippen LogP) is 9.41. The van der Waals surface area contributed by atoms with Gasteiger partial charge in [0.25, 0.3) is 0 Å². The van der Waals surface area contributed by atoms with Gasteiger partial charge < -0.3 is 8.98 Å². The van der Waals surface area contributed by atoms with Crippen molar-refractivity contribution in [2.75, 3.05) is 0 Å². The normalized spacial score (nSPS) is 13.6. The lowest BCUT2D eigenvalue weighted by Gasteiger charge is -2.23. The molecular formula is C39H26N2O2. The lowest BCUT2D eigenvalue weighted by atomic mass is 9.81. The number of aromatic nitrogens is 2. The Kier molecular flexibility index (Phi) is 4.79. The lowest BCUT2D eigenvalue weighted by Crippen LogP contribution is -2.16. The van der Waals surface area contributed by atoms with Crippen LogP contribution in [0.2, 0.25) is 0 Å². The first-order valence-corrected chi connectivity index (χ1v) is 14.6. The Labute approximate surface area is 247 Å². The van der Waals surface area contributed by atoms with E-state index in [9.17, 15) is 4.79 Å². The average molecular weight is 555 g/mol. The average Bonchev–Trinajstić information content (AvgIpc) is 3.50. The molecule has 4 heteroatoms. The summed E-state index contributed by atoms with van der Waals surface area (Å²) >= 11 is 0. The zero-order valence-electron chi connectivity index (χ0n) is 23.8. The minimum atomic E-state index is -0.151. The van der Waals surface area contributed by atoms with Gasteiger partial charge in [0.2, 0.25) is 5.43 Å². The van der Waals surface area contributed by atoms with Crippen LogP contribution in [0.3, 0.4) is 0 Å². The minimum Gasteiger partial charge on any atom is -0.456 e. The predicted molar refractivity (Wildman–Crippen MR) is 175 cm³/mol. The molecule has 0 saturated carbocycles. The van der Waals surface area contributed by atoms with Crippen LogP contribution in [0.25, 0.3) is 71.7 Å². The zero-order chi connectivity index (χ0) is 28.9. The van der Waals surface area contributed by atoms with Crippen LogP contribution in [0.1, 0.15) is 25.0 Å². The van der Waals surface area contributed by atoms with Crippen LogP contribution < -0.4 is 5.43 Å². The Hall–Kier alpha value is -5.48. The minimum absolute atomic E-state index is 0.00873. The molecule has 4 nitrogen and oxygen atoms in total. The monoisotopic (exact) mass is 554 g/mol. The quantitative estimate of drug-likeness (QED) is 0.200. The van der Waals surface area contributed by atoms with E-state index in [1.807, 2.05) is 54.9 Å². The number of pyridine rings is 1. The van der Waals surface area contributed by atoms with Gasteiger partial charge in [-0.2, -0.15) is 0 Å². The fourth-order valence-electron chi connectivity index (χ4n) is 7.26. The summed E-state index contributed by atoms with van der Waals surface area (Å²) in [6.07, 6.45) is 3.85. The molecule has 1 aliphatic carbocycles. The highest BCUT2D eigenvalue weighted by Crippen LogP contribution is 2.52. The maximum Gasteiger partial charge on any atom is 0.200 e. The van der Waals surface area contributed by atoms with E-state index >= 15 is 0 Å². The smallest absolute Gasteiger partial charge is 0.200 e. The molecule has 3 heterocycles. The number of benzene rings is 5. The van der Waals surface area contributed by atoms with Gasteiger partial charge in [0, 0.05) is 28.1 Å². The molecule has 0 spiro atoms. The molecular weight excluding hydrogens is 528 g/mol. The first-order chi connectivity index (χ1) is 21.0. The molecule has 43 heavy (non-hydrogen) atoms. The molecule has 204 valence electrons. The molecule has 9 rings (SSSR count). The summed E-state index contributed by atoms with van der Waals surface area (Å²) in [6, 6.07) is 37.3. The number of rotatable bonds is 2. The SMILES string of the molecule is CC1(C)c2ccccc2-c2ccc3c4ccncc4n(-c4ccc(-c5ccc6oc7ccccc7c(=O)c6c5)cc4)c3c21. The van der Waals surface area contributed by atoms with E-state index in [-0.39, 0.29) is 10.8 Å². The van der Waals surface area contributed by atoms with Gasteiger partial charge >= 0.3 is 0 Å². The number of hydrogen-bond donors (Lipinski definition) is 0. The number of fused-ring (bicyclic) bond motifs is 9. The summed E-state index contributed by atoms with van der Waals surface area (Å²) in [7, 11) is 0. The van der Waals surface area contributed by atoms with E-state index in [0.717, 1.165) is 22.3 Å². The van der Waals surface area contributed by atoms with Gasteiger partial charge in [-0.1, -0.05) is 80.6 Å². The van der Waals surface area contributed by atoms with E-state index in [1.165, 1.54) is 38.5 Å². The third-order valence-corrected chi connectivity index (χ3v) is 9.28. The van der Waals surface area contributed by atoms with Gasteiger partial charge in [-0.3, -0.25) is 9.78 Å². The molecule has 5 aromatic carbocycles. The van der Waals surface area contributed by atoms with Crippen molar-refractivity contribution in [1.29, 1.82) is 0 Å². The Balaban J connectivity index is 1.24. The van der Waals surface area contributed by atoms with E-state index < -0.39 is 0 Å². The van der Waals surface area contributed by atoms with Crippen molar-refractivity contribution in [3.63, 3.8) is 0 Å². The highest BCUT2D eigenvalue weighted by Gasteiger charge is 2.38. The van der Waals surface area contributed by atoms with Crippen LogP contribution >= 0.6 is 0 Å². The molecule has 3 aromatic heterocycles. The Morgan fingerprint density at radius 3 is 2.33 bits per heavy atom. The summed E-state index contributed by atoms with van der Waals surface area (Å²) in [4.78, 5) is 17.8. The Bertz CT molecular complexity index is 2500. The maximum atomic E-state index is 13.3. The Morgan fingerprint density at radius 1 is 0.674 bits per heavy atom. The topological polar surface area (TPSA) is 48.0 Å². The molecule has 0 atom stereocenters. The molecule has 0 amide bonds. The zero-order valence-corrected chi connectivity index (χ0v) is 23.8. The van der Waals surface area contributed by atoms with Crippen molar-refractivity contribution in [2.45, 2.75) is 19.3 Å². The number of para-hydroxylation sites is 1. The molecule has 0 N–H and O–H groups in total. The second-order valence-electron chi connectivity index (χ2n) is 12.0. The van der Waals surface area contributed by atoms with Gasteiger partial charge in [0.15, 0.2) is 0 Å². The number of nitrogens with zero attached hydrogens (tertiary/aromatic N) is 2. The molecule has 0 aliphatic heterocycles. The Morgan fingerprint density at radius 2 is 1.44 bits per heavy atom. The molecule has 0 radical (unpaired) electrons. The molecule has 0 bridgehead atoms. The van der Waals surface area contributed by atoms with Gasteiger partial charge in [0.1, 0.15) is 11.2 Å². The van der Waals surface area contributed by atoms with E-state index in [4.69, 9.17) is 4.42 Å². The highest BCUT2D eigenvalue weighted by atomic mass is 16.3. The fourth-order valence-corrected chi connectivity index (χ4v) is 7.26. The summed E-state index contributed by atoms with van der Waals surface area (Å²) < 4.78 is 8.41. The van der Waals surface area contributed by atoms with Gasteiger partial charge in [-0.25, -0.2) is 0 Å². The van der Waals surface area contributed by atoms with Crippen molar-refractivity contribution in [3.8, 4) is 27.9 Å². The van der Waals surface area contributed by atoms with Gasteiger partial charge in [0.05, 0.1) is 28.0 Å². The van der Waals surface area contributed by atoms with Crippen LogP contribution in [-0.4, -0.2) is 9.55 Å². The van der Waals surface area contributed by atoms with Crippen molar-refractivity contribution >= 4 is 43.7 Å². The van der Waals surface area contributed by atoms with Crippen LogP contribution in [0.5, 0.6) is 0 Å². The third kappa shape index (κ3) is 3.26. The van der Waals surface area contributed by atoms with Crippen LogP contribution in [0.4, 0.5) is 0 Å². The lowest BCUT2D eigenvalue weighted by molar-refractivity contribution is 0.660. The standard InChI is InChI=1S/C39H26N2O2/c1-39(2)32-9-5-3-7-26(32)28-16-17-29-27-19-20-40-22-33(27)41(37(29)36(28)39)25-14-11-23(12-15-25)24-13-18-35-31(21-24)38(42)30-8-4-6-10-34(30)43-35/h3-22H,1-2H3. The fraction of sp³-hybridized carbons (Fsp3) is 0.0769. The van der Waals surface area contributed by atoms with Gasteiger partial charge in [-0.05, 0) is 75.8 Å². The summed E-state index contributed by atoms with van der Waals surface area (Å²) in [6.45, 7) is 4.67. The molecule has 0 unspecified atom stereocenters. The van der Waals surface area contributed by atoms with Crippen molar-refractivity contribution < 1.29 is 4.42 Å². The molecule has 0 fully saturated rings. The summed E-state index contributed by atoms with van der Waals surface area (Å²) in [5.74, 6) is 0. The molecule has 0 saturated heterocycles. The van der Waals surface area contributed by atoms with Crippen molar-refractivity contribution in [3.05, 3.63) is 143 Å². The van der Waals surface area contributed by atoms with Crippen LogP contribution in [0, 0.1) is 0 Å². The second-order valence-corrected chi connectivity index (χ2v) is 12.0. The van der Waals surface area contributed by atoms with Crippen LogP contribution in [0.15, 0.2) is 131 Å². The molecule has 8 aromatic rings. The summed E-state index contributed by atoms with van der Waals surface area (Å²) in [5.41, 5.74) is 11.7. The maximum absolute atomic E-state index is 13.3. The van der Waals surface area contributed by atoms with Crippen molar-refractivity contribution in [1.82, 2.24) is 9.55 Å². The van der Waals surface area contributed by atoms with E-state index in [1.54, 1.807) is 0 Å². The largest absolute Gasteiger partial charge is 0.456 e. The first-order valence-electron chi connectivity index (χ1n) is 14.6. The van der Waals surface area contributed by atoms with Crippen LogP contribution in [-0.2, 0) is 5.41 Å². The summed E-state index contributed by atoms with van der Waals surface area (Å²) in [5, 5.41) is 3.61. The number of hydrogen-bond acceptors (Lipinski definition) is 3. The third-order valence-electron chi connectivity index (χ3n) is 9.28. The molecule has 1 aliphatic rings.